The predicted octanol–water partition coefficient (Wildman–Crippen LogP) is -0.991. The third-order valence-electron chi connectivity index (χ3n) is 1.74. The maximum Gasteiger partial charge on any atom is 0.325 e. The van der Waals surface area contributed by atoms with Crippen LogP contribution in [0.3, 0.4) is 0 Å². The second kappa shape index (κ2) is 4.41. The van der Waals surface area contributed by atoms with Gasteiger partial charge in [-0.3, -0.25) is 9.59 Å². The highest BCUT2D eigenvalue weighted by atomic mass is 32.2. The number of hydrogen-bond donors (Lipinski definition) is 2. The summed E-state index contributed by atoms with van der Waals surface area (Å²) in [4.78, 5) is 21.5. The largest absolute Gasteiger partial charge is 0.480 e. The van der Waals surface area contributed by atoms with Crippen LogP contribution in [-0.2, 0) is 19.4 Å². The van der Waals surface area contributed by atoms with E-state index in [0.717, 1.165) is 6.26 Å². The maximum atomic E-state index is 11.2. The molecule has 1 unspecified atom stereocenters. The van der Waals surface area contributed by atoms with Crippen LogP contribution in [0.1, 0.15) is 13.8 Å². The average Bonchev–Trinajstić information content (AvgIpc) is 2.00. The molecule has 0 aliphatic rings. The molecule has 1 amide bonds. The van der Waals surface area contributed by atoms with Gasteiger partial charge in [0.15, 0.2) is 9.84 Å². The number of carbonyl (C=O) groups is 2. The van der Waals surface area contributed by atoms with Gasteiger partial charge in [0.1, 0.15) is 11.3 Å². The SMILES string of the molecule is CC(C(=O)N[C@H](C)C(=O)O)S(C)(=O)=O. The number of nitrogens with one attached hydrogen (secondary N) is 1. The van der Waals surface area contributed by atoms with Crippen molar-refractivity contribution in [2.24, 2.45) is 0 Å². The van der Waals surface area contributed by atoms with E-state index < -0.39 is 33.0 Å². The van der Waals surface area contributed by atoms with Gasteiger partial charge in [0.25, 0.3) is 0 Å². The molecule has 0 aliphatic heterocycles. The van der Waals surface area contributed by atoms with Gasteiger partial charge in [-0.15, -0.1) is 0 Å². The molecule has 14 heavy (non-hydrogen) atoms. The number of aliphatic carboxylic acids is 1. The lowest BCUT2D eigenvalue weighted by atomic mass is 10.3. The number of carboxylic acids is 1. The summed E-state index contributed by atoms with van der Waals surface area (Å²) in [6, 6.07) is -1.09. The van der Waals surface area contributed by atoms with E-state index in [4.69, 9.17) is 5.11 Å². The van der Waals surface area contributed by atoms with E-state index in [9.17, 15) is 18.0 Å². The van der Waals surface area contributed by atoms with Gasteiger partial charge >= 0.3 is 5.97 Å². The molecule has 0 spiro atoms. The van der Waals surface area contributed by atoms with Gasteiger partial charge < -0.3 is 10.4 Å². The van der Waals surface area contributed by atoms with Crippen molar-refractivity contribution < 1.29 is 23.1 Å². The Hall–Kier alpha value is -1.11. The summed E-state index contributed by atoms with van der Waals surface area (Å²) in [5.74, 6) is -2.01. The van der Waals surface area contributed by atoms with Crippen LogP contribution >= 0.6 is 0 Å². The lowest BCUT2D eigenvalue weighted by molar-refractivity contribution is -0.141. The molecule has 0 aliphatic carbocycles. The van der Waals surface area contributed by atoms with Crippen molar-refractivity contribution in [2.75, 3.05) is 6.26 Å². The lowest BCUT2D eigenvalue weighted by Crippen LogP contribution is -2.45. The van der Waals surface area contributed by atoms with E-state index in [1.54, 1.807) is 0 Å². The molecule has 0 saturated carbocycles. The first-order valence-corrected chi connectivity index (χ1v) is 5.83. The second-order valence-corrected chi connectivity index (χ2v) is 5.41. The average molecular weight is 223 g/mol. The Balaban J connectivity index is 4.45. The summed E-state index contributed by atoms with van der Waals surface area (Å²) in [6.45, 7) is 2.47. The number of hydrogen-bond acceptors (Lipinski definition) is 4. The highest BCUT2D eigenvalue weighted by molar-refractivity contribution is 7.92. The fourth-order valence-electron chi connectivity index (χ4n) is 0.587. The molecule has 0 rings (SSSR count). The van der Waals surface area contributed by atoms with E-state index in [1.165, 1.54) is 13.8 Å². The number of sulfone groups is 1. The molecule has 0 aromatic rings. The van der Waals surface area contributed by atoms with Crippen molar-refractivity contribution in [3.05, 3.63) is 0 Å². The van der Waals surface area contributed by atoms with Crippen molar-refractivity contribution in [1.29, 1.82) is 0 Å². The summed E-state index contributed by atoms with van der Waals surface area (Å²) < 4.78 is 21.8. The van der Waals surface area contributed by atoms with Crippen LogP contribution in [0.4, 0.5) is 0 Å². The monoisotopic (exact) mass is 223 g/mol. The molecule has 0 fully saturated rings. The van der Waals surface area contributed by atoms with Crippen molar-refractivity contribution in [1.82, 2.24) is 5.32 Å². The van der Waals surface area contributed by atoms with Crippen LogP contribution in [0.5, 0.6) is 0 Å². The van der Waals surface area contributed by atoms with Gasteiger partial charge in [-0.2, -0.15) is 0 Å². The number of carbonyl (C=O) groups excluding carboxylic acids is 1. The maximum absolute atomic E-state index is 11.2. The van der Waals surface area contributed by atoms with Crippen molar-refractivity contribution in [3.63, 3.8) is 0 Å². The number of rotatable bonds is 4. The van der Waals surface area contributed by atoms with Gasteiger partial charge in [-0.25, -0.2) is 8.42 Å². The van der Waals surface area contributed by atoms with E-state index in [2.05, 4.69) is 5.32 Å². The van der Waals surface area contributed by atoms with E-state index in [-0.39, 0.29) is 0 Å². The van der Waals surface area contributed by atoms with Gasteiger partial charge in [-0.1, -0.05) is 0 Å². The molecule has 0 aromatic carbocycles. The summed E-state index contributed by atoms with van der Waals surface area (Å²) in [5.41, 5.74) is 0. The summed E-state index contributed by atoms with van der Waals surface area (Å²) in [7, 11) is -3.48. The third-order valence-corrected chi connectivity index (χ3v) is 3.24. The van der Waals surface area contributed by atoms with Gasteiger partial charge in [0.05, 0.1) is 0 Å². The minimum Gasteiger partial charge on any atom is -0.480 e. The molecular weight excluding hydrogens is 210 g/mol. The number of carboxylic acid groups (broad SMARTS) is 1. The fraction of sp³-hybridized carbons (Fsp3) is 0.714. The molecule has 0 heterocycles. The number of amides is 1. The fourth-order valence-corrected chi connectivity index (χ4v) is 1.04. The molecule has 82 valence electrons. The zero-order chi connectivity index (χ0) is 11.5. The Kier molecular flexibility index (Phi) is 4.06. The Bertz CT molecular complexity index is 334. The van der Waals surface area contributed by atoms with Crippen LogP contribution in [0.25, 0.3) is 0 Å². The van der Waals surface area contributed by atoms with Gasteiger partial charge in [0.2, 0.25) is 5.91 Å². The molecular formula is C7H13NO5S. The minimum absolute atomic E-state index is 0.803. The summed E-state index contributed by atoms with van der Waals surface area (Å²) >= 11 is 0. The molecule has 0 saturated heterocycles. The first-order chi connectivity index (χ1) is 6.16. The van der Waals surface area contributed by atoms with Crippen LogP contribution in [0.15, 0.2) is 0 Å². The lowest BCUT2D eigenvalue weighted by Gasteiger charge is -2.12. The van der Waals surface area contributed by atoms with Gasteiger partial charge in [0, 0.05) is 6.26 Å². The first-order valence-electron chi connectivity index (χ1n) is 3.88. The normalized spacial score (nSPS) is 15.6. The van der Waals surface area contributed by atoms with Crippen LogP contribution in [0, 0.1) is 0 Å². The zero-order valence-electron chi connectivity index (χ0n) is 8.14. The van der Waals surface area contributed by atoms with E-state index in [0.29, 0.717) is 0 Å². The van der Waals surface area contributed by atoms with E-state index in [1.807, 2.05) is 0 Å². The standard InChI is InChI=1S/C7H13NO5S/c1-4(7(10)11)8-6(9)5(2)14(3,12)13/h4-5H,1-3H3,(H,8,9)(H,10,11)/t4-,5?/m1/s1. The van der Waals surface area contributed by atoms with Crippen molar-refractivity contribution >= 4 is 21.7 Å². The summed E-state index contributed by atoms with van der Waals surface area (Å²) in [6.07, 6.45) is 0.919. The highest BCUT2D eigenvalue weighted by Gasteiger charge is 2.25. The smallest absolute Gasteiger partial charge is 0.325 e. The second-order valence-electron chi connectivity index (χ2n) is 3.04. The van der Waals surface area contributed by atoms with Crippen molar-refractivity contribution in [2.45, 2.75) is 25.1 Å². The molecule has 2 atom stereocenters. The van der Waals surface area contributed by atoms with Crippen LogP contribution < -0.4 is 5.32 Å². The third kappa shape index (κ3) is 3.73. The van der Waals surface area contributed by atoms with Gasteiger partial charge in [-0.05, 0) is 13.8 Å². The minimum atomic E-state index is -3.48. The molecule has 0 bridgehead atoms. The molecule has 6 nitrogen and oxygen atoms in total. The Morgan fingerprint density at radius 3 is 2.00 bits per heavy atom. The topological polar surface area (TPSA) is 101 Å². The molecule has 0 aromatic heterocycles. The Morgan fingerprint density at radius 2 is 1.71 bits per heavy atom. The molecule has 7 heteroatoms. The Labute approximate surface area is 82.2 Å². The predicted molar refractivity (Wildman–Crippen MR) is 49.5 cm³/mol. The first kappa shape index (κ1) is 12.9. The highest BCUT2D eigenvalue weighted by Crippen LogP contribution is 1.98. The van der Waals surface area contributed by atoms with E-state index >= 15 is 0 Å². The molecule has 0 radical (unpaired) electrons. The Morgan fingerprint density at radius 1 is 1.29 bits per heavy atom. The quantitative estimate of drug-likeness (QED) is 0.637. The van der Waals surface area contributed by atoms with Crippen LogP contribution in [-0.4, -0.2) is 42.9 Å². The molecule has 2 N–H and O–H groups in total. The van der Waals surface area contributed by atoms with Crippen molar-refractivity contribution in [3.8, 4) is 0 Å². The summed E-state index contributed by atoms with van der Waals surface area (Å²) in [5, 5.41) is 9.29. The van der Waals surface area contributed by atoms with Crippen LogP contribution in [0.2, 0.25) is 0 Å². The zero-order valence-corrected chi connectivity index (χ0v) is 8.96.